The molecule has 0 aromatic heterocycles. The number of methoxy groups -OCH3 is 1. The van der Waals surface area contributed by atoms with Crippen LogP contribution in [0.1, 0.15) is 12.5 Å². The molecule has 0 aliphatic heterocycles. The van der Waals surface area contributed by atoms with E-state index in [-0.39, 0.29) is 18.0 Å². The molecule has 0 aliphatic rings. The zero-order valence-electron chi connectivity index (χ0n) is 11.9. The first-order valence-corrected chi connectivity index (χ1v) is 6.00. The Labute approximate surface area is 117 Å². The lowest BCUT2D eigenvalue weighted by Gasteiger charge is -2.25. The third-order valence-corrected chi connectivity index (χ3v) is 3.09. The van der Waals surface area contributed by atoms with Gasteiger partial charge >= 0.3 is 11.7 Å². The molecular weight excluding hydrogens is 264 g/mol. The van der Waals surface area contributed by atoms with Gasteiger partial charge in [0.1, 0.15) is 12.1 Å². The number of nitrogens with one attached hydrogen (secondary N) is 1. The van der Waals surface area contributed by atoms with Gasteiger partial charge in [-0.3, -0.25) is 10.1 Å². The van der Waals surface area contributed by atoms with Crippen LogP contribution in [0.3, 0.4) is 0 Å². The topological polar surface area (TPSA) is 90.7 Å². The summed E-state index contributed by atoms with van der Waals surface area (Å²) < 4.78 is 10.1. The van der Waals surface area contributed by atoms with Crippen molar-refractivity contribution in [3.8, 4) is 5.75 Å². The summed E-state index contributed by atoms with van der Waals surface area (Å²) in [6.07, 6.45) is 0. The van der Waals surface area contributed by atoms with Gasteiger partial charge in [0.05, 0.1) is 12.0 Å². The summed E-state index contributed by atoms with van der Waals surface area (Å²) in [4.78, 5) is 22.2. The van der Waals surface area contributed by atoms with Gasteiger partial charge in [-0.1, -0.05) is 12.1 Å². The van der Waals surface area contributed by atoms with Gasteiger partial charge in [0.25, 0.3) is 0 Å². The van der Waals surface area contributed by atoms with Gasteiger partial charge in [0.2, 0.25) is 0 Å². The summed E-state index contributed by atoms with van der Waals surface area (Å²) in [6.45, 7) is 3.14. The van der Waals surface area contributed by atoms with E-state index < -0.39 is 16.4 Å². The second-order valence-corrected chi connectivity index (χ2v) is 4.54. The van der Waals surface area contributed by atoms with Gasteiger partial charge in [-0.2, -0.15) is 0 Å². The highest BCUT2D eigenvalue weighted by Gasteiger charge is 2.34. The lowest BCUT2D eigenvalue weighted by molar-refractivity contribution is -0.386. The smallest absolute Gasteiger partial charge is 0.329 e. The molecule has 1 N–H and O–H groups in total. The Morgan fingerprint density at radius 2 is 2.15 bits per heavy atom. The molecule has 7 heteroatoms. The van der Waals surface area contributed by atoms with Gasteiger partial charge in [-0.25, -0.2) is 4.79 Å². The average Bonchev–Trinajstić information content (AvgIpc) is 2.43. The standard InChI is InChI=1S/C13H18N2O5/c1-9-6-5-7-10(11(9)15(17)18)20-8-13(2,14-3)12(16)19-4/h5-7,14H,8H2,1-4H3. The first-order valence-electron chi connectivity index (χ1n) is 6.00. The van der Waals surface area contributed by atoms with Crippen LogP contribution in [0.5, 0.6) is 5.75 Å². The molecule has 1 aromatic rings. The Morgan fingerprint density at radius 3 is 2.65 bits per heavy atom. The SMILES string of the molecule is CNC(C)(COc1cccc(C)c1[N+](=O)[O-])C(=O)OC. The fraction of sp³-hybridized carbons (Fsp3) is 0.462. The molecule has 20 heavy (non-hydrogen) atoms. The second kappa shape index (κ2) is 6.33. The highest BCUT2D eigenvalue weighted by atomic mass is 16.6. The minimum absolute atomic E-state index is 0.0829. The fourth-order valence-corrected chi connectivity index (χ4v) is 1.66. The molecule has 7 nitrogen and oxygen atoms in total. The van der Waals surface area contributed by atoms with E-state index in [0.29, 0.717) is 5.56 Å². The van der Waals surface area contributed by atoms with Crippen LogP contribution in [0.4, 0.5) is 5.69 Å². The Hall–Kier alpha value is -2.15. The Bertz CT molecular complexity index is 517. The van der Waals surface area contributed by atoms with E-state index in [0.717, 1.165) is 0 Å². The number of ether oxygens (including phenoxy) is 2. The number of nitrogens with zero attached hydrogens (tertiary/aromatic N) is 1. The number of carbonyl (C=O) groups is 1. The lowest BCUT2D eigenvalue weighted by Crippen LogP contribution is -2.52. The minimum Gasteiger partial charge on any atom is -0.484 e. The summed E-state index contributed by atoms with van der Waals surface area (Å²) >= 11 is 0. The van der Waals surface area contributed by atoms with E-state index in [1.165, 1.54) is 13.2 Å². The quantitative estimate of drug-likeness (QED) is 0.482. The van der Waals surface area contributed by atoms with Crippen molar-refractivity contribution in [1.29, 1.82) is 0 Å². The summed E-state index contributed by atoms with van der Waals surface area (Å²) in [7, 11) is 2.86. The van der Waals surface area contributed by atoms with E-state index >= 15 is 0 Å². The van der Waals surface area contributed by atoms with Crippen molar-refractivity contribution in [3.05, 3.63) is 33.9 Å². The number of hydrogen-bond acceptors (Lipinski definition) is 6. The van der Waals surface area contributed by atoms with E-state index in [1.807, 2.05) is 0 Å². The number of likely N-dealkylation sites (N-methyl/N-ethyl adjacent to an activating group) is 1. The third-order valence-electron chi connectivity index (χ3n) is 3.09. The maximum absolute atomic E-state index is 11.7. The molecule has 0 radical (unpaired) electrons. The normalized spacial score (nSPS) is 13.4. The number of carbonyl (C=O) groups excluding carboxylic acids is 1. The van der Waals surface area contributed by atoms with E-state index in [9.17, 15) is 14.9 Å². The van der Waals surface area contributed by atoms with Gasteiger partial charge in [0, 0.05) is 5.56 Å². The van der Waals surface area contributed by atoms with Crippen molar-refractivity contribution in [3.63, 3.8) is 0 Å². The highest BCUT2D eigenvalue weighted by Crippen LogP contribution is 2.30. The van der Waals surface area contributed by atoms with Gasteiger partial charge in [-0.15, -0.1) is 0 Å². The maximum Gasteiger partial charge on any atom is 0.329 e. The Balaban J connectivity index is 2.98. The van der Waals surface area contributed by atoms with E-state index in [2.05, 4.69) is 10.1 Å². The van der Waals surface area contributed by atoms with E-state index in [1.54, 1.807) is 33.0 Å². The van der Waals surface area contributed by atoms with E-state index in [4.69, 9.17) is 4.74 Å². The first kappa shape index (κ1) is 15.9. The number of hydrogen-bond donors (Lipinski definition) is 1. The molecule has 1 rings (SSSR count). The fourth-order valence-electron chi connectivity index (χ4n) is 1.66. The number of nitro groups is 1. The molecule has 0 aliphatic carbocycles. The Morgan fingerprint density at radius 1 is 1.50 bits per heavy atom. The zero-order valence-corrected chi connectivity index (χ0v) is 11.9. The molecule has 0 saturated heterocycles. The second-order valence-electron chi connectivity index (χ2n) is 4.54. The summed E-state index contributed by atoms with van der Waals surface area (Å²) in [5.41, 5.74) is -0.681. The van der Waals surface area contributed by atoms with Crippen molar-refractivity contribution in [2.75, 3.05) is 20.8 Å². The zero-order chi connectivity index (χ0) is 15.3. The van der Waals surface area contributed by atoms with Crippen molar-refractivity contribution in [2.24, 2.45) is 0 Å². The predicted octanol–water partition coefficient (Wildman–Crippen LogP) is 1.43. The van der Waals surface area contributed by atoms with Crippen LogP contribution in [0.25, 0.3) is 0 Å². The van der Waals surface area contributed by atoms with Crippen molar-refractivity contribution in [2.45, 2.75) is 19.4 Å². The van der Waals surface area contributed by atoms with Gasteiger partial charge in [-0.05, 0) is 27.0 Å². The molecule has 0 spiro atoms. The molecule has 1 unspecified atom stereocenters. The molecule has 0 fully saturated rings. The molecule has 0 heterocycles. The number of benzene rings is 1. The molecule has 0 amide bonds. The molecular formula is C13H18N2O5. The van der Waals surface area contributed by atoms with Crippen LogP contribution < -0.4 is 10.1 Å². The largest absolute Gasteiger partial charge is 0.484 e. The monoisotopic (exact) mass is 282 g/mol. The number of esters is 1. The number of aryl methyl sites for hydroxylation is 1. The summed E-state index contributed by atoms with van der Waals surface area (Å²) in [5, 5.41) is 13.8. The van der Waals surface area contributed by atoms with Crippen LogP contribution in [0.15, 0.2) is 18.2 Å². The Kier molecular flexibility index (Phi) is 5.04. The number of para-hydroxylation sites is 1. The first-order chi connectivity index (χ1) is 9.35. The number of rotatable bonds is 6. The van der Waals surface area contributed by atoms with Gasteiger partial charge < -0.3 is 14.8 Å². The average molecular weight is 282 g/mol. The van der Waals surface area contributed by atoms with Gasteiger partial charge in [0.15, 0.2) is 5.75 Å². The van der Waals surface area contributed by atoms with Crippen molar-refractivity contribution < 1.29 is 19.2 Å². The minimum atomic E-state index is -1.08. The molecule has 1 aromatic carbocycles. The predicted molar refractivity (Wildman–Crippen MR) is 72.8 cm³/mol. The van der Waals surface area contributed by atoms with Crippen LogP contribution >= 0.6 is 0 Å². The van der Waals surface area contributed by atoms with Crippen molar-refractivity contribution >= 4 is 11.7 Å². The summed E-state index contributed by atoms with van der Waals surface area (Å²) in [5.74, 6) is -0.379. The highest BCUT2D eigenvalue weighted by molar-refractivity contribution is 5.80. The van der Waals surface area contributed by atoms with Crippen LogP contribution in [0.2, 0.25) is 0 Å². The van der Waals surface area contributed by atoms with Crippen LogP contribution in [-0.4, -0.2) is 37.2 Å². The summed E-state index contributed by atoms with van der Waals surface area (Å²) in [6, 6.07) is 4.79. The maximum atomic E-state index is 11.7. The van der Waals surface area contributed by atoms with Crippen LogP contribution in [0, 0.1) is 17.0 Å². The van der Waals surface area contributed by atoms with Crippen molar-refractivity contribution in [1.82, 2.24) is 5.32 Å². The molecule has 110 valence electrons. The third kappa shape index (κ3) is 3.24. The molecule has 1 atom stereocenters. The lowest BCUT2D eigenvalue weighted by atomic mass is 10.1. The van der Waals surface area contributed by atoms with Crippen LogP contribution in [-0.2, 0) is 9.53 Å². The molecule has 0 saturated carbocycles. The molecule has 0 bridgehead atoms. The number of nitro benzene ring substituents is 1.